The molecular weight excluding hydrogens is 325 g/mol. The number of carbonyl (C=O) groups excluding carboxylic acids is 2. The van der Waals surface area contributed by atoms with Crippen molar-refractivity contribution >= 4 is 12.0 Å². The normalized spacial score (nSPS) is 19.6. The summed E-state index contributed by atoms with van der Waals surface area (Å²) in [4.78, 5) is 27.0. The highest BCUT2D eigenvalue weighted by Gasteiger charge is 2.38. The van der Waals surface area contributed by atoms with Gasteiger partial charge >= 0.3 is 12.3 Å². The van der Waals surface area contributed by atoms with Crippen molar-refractivity contribution in [3.63, 3.8) is 0 Å². The Hall–Kier alpha value is -1.47. The van der Waals surface area contributed by atoms with Gasteiger partial charge in [-0.1, -0.05) is 19.8 Å². The second-order valence-corrected chi connectivity index (χ2v) is 7.11. The van der Waals surface area contributed by atoms with Crippen molar-refractivity contribution in [2.45, 2.75) is 71.2 Å². The summed E-state index contributed by atoms with van der Waals surface area (Å²) in [6.07, 6.45) is -3.58. The maximum absolute atomic E-state index is 12.4. The molecule has 0 bridgehead atoms. The smallest absolute Gasteiger partial charge is 0.411 e. The van der Waals surface area contributed by atoms with E-state index >= 15 is 0 Å². The van der Waals surface area contributed by atoms with Crippen LogP contribution in [-0.4, -0.2) is 59.3 Å². The van der Waals surface area contributed by atoms with Gasteiger partial charge in [0.1, 0.15) is 12.1 Å². The minimum Gasteiger partial charge on any atom is -0.444 e. The number of rotatable bonds is 5. The quantitative estimate of drug-likeness (QED) is 0.760. The highest BCUT2D eigenvalue weighted by atomic mass is 19.4. The van der Waals surface area contributed by atoms with Crippen LogP contribution in [-0.2, 0) is 9.53 Å². The van der Waals surface area contributed by atoms with Crippen molar-refractivity contribution < 1.29 is 27.5 Å². The van der Waals surface area contributed by atoms with E-state index in [2.05, 4.69) is 0 Å². The maximum atomic E-state index is 12.4. The molecule has 1 saturated heterocycles. The third-order valence-electron chi connectivity index (χ3n) is 3.71. The third kappa shape index (κ3) is 6.97. The number of hydrogen-bond acceptors (Lipinski definition) is 3. The third-order valence-corrected chi connectivity index (χ3v) is 3.71. The first kappa shape index (κ1) is 20.6. The molecule has 0 aromatic rings. The summed E-state index contributed by atoms with van der Waals surface area (Å²) in [5, 5.41) is 0. The van der Waals surface area contributed by atoms with E-state index in [0.717, 1.165) is 12.8 Å². The summed E-state index contributed by atoms with van der Waals surface area (Å²) in [7, 11) is 0. The van der Waals surface area contributed by atoms with Gasteiger partial charge in [-0.15, -0.1) is 0 Å². The van der Waals surface area contributed by atoms with Gasteiger partial charge in [-0.2, -0.15) is 13.2 Å². The number of unbranched alkanes of at least 4 members (excludes halogenated alkanes) is 1. The molecule has 1 unspecified atom stereocenters. The van der Waals surface area contributed by atoms with Crippen molar-refractivity contribution in [1.29, 1.82) is 0 Å². The average molecular weight is 352 g/mol. The number of hydrogen-bond donors (Lipinski definition) is 0. The average Bonchev–Trinajstić information content (AvgIpc) is 2.41. The molecule has 1 rings (SSSR count). The lowest BCUT2D eigenvalue weighted by atomic mass is 10.0. The highest BCUT2D eigenvalue weighted by Crippen LogP contribution is 2.23. The van der Waals surface area contributed by atoms with Crippen molar-refractivity contribution in [1.82, 2.24) is 9.80 Å². The number of piperazine rings is 1. The lowest BCUT2D eigenvalue weighted by Gasteiger charge is -2.41. The molecule has 0 spiro atoms. The predicted molar refractivity (Wildman–Crippen MR) is 83.5 cm³/mol. The Balaban J connectivity index is 2.79. The molecule has 5 nitrogen and oxygen atoms in total. The molecule has 24 heavy (non-hydrogen) atoms. The number of nitrogens with zero attached hydrogens (tertiary/aromatic N) is 2. The van der Waals surface area contributed by atoms with E-state index in [4.69, 9.17) is 4.74 Å². The summed E-state index contributed by atoms with van der Waals surface area (Å²) >= 11 is 0. The molecule has 0 radical (unpaired) electrons. The lowest BCUT2D eigenvalue weighted by Crippen LogP contribution is -2.59. The summed E-state index contributed by atoms with van der Waals surface area (Å²) < 4.78 is 42.5. The maximum Gasteiger partial charge on any atom is 0.411 e. The highest BCUT2D eigenvalue weighted by molar-refractivity contribution is 5.84. The minimum absolute atomic E-state index is 0.119. The van der Waals surface area contributed by atoms with Gasteiger partial charge < -0.3 is 9.64 Å². The van der Waals surface area contributed by atoms with E-state index < -0.39 is 30.2 Å². The second kappa shape index (κ2) is 8.07. The molecule has 2 amide bonds. The van der Waals surface area contributed by atoms with Crippen LogP contribution in [0.4, 0.5) is 18.0 Å². The fourth-order valence-electron chi connectivity index (χ4n) is 2.53. The zero-order chi connectivity index (χ0) is 18.5. The molecule has 1 aliphatic rings. The first-order valence-electron chi connectivity index (χ1n) is 8.27. The van der Waals surface area contributed by atoms with Crippen LogP contribution in [0.25, 0.3) is 0 Å². The molecule has 0 aliphatic carbocycles. The predicted octanol–water partition coefficient (Wildman–Crippen LogP) is 3.58. The standard InChI is InChI=1S/C16H27F3N2O3/c1-5-6-7-12-10-20(9-8-16(17,18)19)13(22)11-21(12)14(23)24-15(2,3)4/h12H,5-11H2,1-4H3. The summed E-state index contributed by atoms with van der Waals surface area (Å²) in [6.45, 7) is 6.70. The van der Waals surface area contributed by atoms with Crippen molar-refractivity contribution in [2.75, 3.05) is 19.6 Å². The number of amides is 2. The number of alkyl halides is 3. The van der Waals surface area contributed by atoms with Gasteiger partial charge in [0.2, 0.25) is 5.91 Å². The first-order valence-corrected chi connectivity index (χ1v) is 8.27. The van der Waals surface area contributed by atoms with Crippen molar-refractivity contribution in [3.8, 4) is 0 Å². The Morgan fingerprint density at radius 3 is 2.42 bits per heavy atom. The van der Waals surface area contributed by atoms with Gasteiger partial charge in [-0.25, -0.2) is 4.79 Å². The first-order chi connectivity index (χ1) is 10.9. The zero-order valence-corrected chi connectivity index (χ0v) is 14.8. The topological polar surface area (TPSA) is 49.9 Å². The Labute approximate surface area is 141 Å². The Kier molecular flexibility index (Phi) is 6.92. The van der Waals surface area contributed by atoms with E-state index in [1.807, 2.05) is 6.92 Å². The van der Waals surface area contributed by atoms with E-state index in [-0.39, 0.29) is 25.7 Å². The molecule has 1 aliphatic heterocycles. The van der Waals surface area contributed by atoms with Crippen LogP contribution in [0.1, 0.15) is 53.4 Å². The number of carbonyl (C=O) groups is 2. The molecule has 0 aromatic carbocycles. The summed E-state index contributed by atoms with van der Waals surface area (Å²) in [5.74, 6) is -0.474. The van der Waals surface area contributed by atoms with E-state index in [1.165, 1.54) is 9.80 Å². The molecular formula is C16H27F3N2O3. The SMILES string of the molecule is CCCCC1CN(CCC(F)(F)F)C(=O)CN1C(=O)OC(C)(C)C. The number of ether oxygens (including phenoxy) is 1. The summed E-state index contributed by atoms with van der Waals surface area (Å²) in [6, 6.07) is -0.314. The lowest BCUT2D eigenvalue weighted by molar-refractivity contribution is -0.150. The Morgan fingerprint density at radius 1 is 1.29 bits per heavy atom. The van der Waals surface area contributed by atoms with Crippen LogP contribution in [0.2, 0.25) is 0 Å². The van der Waals surface area contributed by atoms with Crippen LogP contribution >= 0.6 is 0 Å². The van der Waals surface area contributed by atoms with Crippen LogP contribution < -0.4 is 0 Å². The van der Waals surface area contributed by atoms with Gasteiger partial charge in [-0.3, -0.25) is 9.69 Å². The molecule has 0 saturated carbocycles. The largest absolute Gasteiger partial charge is 0.444 e. The molecule has 1 heterocycles. The van der Waals surface area contributed by atoms with Gasteiger partial charge in [-0.05, 0) is 27.2 Å². The van der Waals surface area contributed by atoms with E-state index in [1.54, 1.807) is 20.8 Å². The van der Waals surface area contributed by atoms with Crippen LogP contribution in [0, 0.1) is 0 Å². The minimum atomic E-state index is -4.30. The molecule has 140 valence electrons. The second-order valence-electron chi connectivity index (χ2n) is 7.11. The van der Waals surface area contributed by atoms with Gasteiger partial charge in [0.25, 0.3) is 0 Å². The Bertz CT molecular complexity index is 447. The van der Waals surface area contributed by atoms with Crippen LogP contribution in [0.3, 0.4) is 0 Å². The summed E-state index contributed by atoms with van der Waals surface area (Å²) in [5.41, 5.74) is -0.692. The van der Waals surface area contributed by atoms with Crippen LogP contribution in [0.5, 0.6) is 0 Å². The van der Waals surface area contributed by atoms with E-state index in [9.17, 15) is 22.8 Å². The fraction of sp³-hybridized carbons (Fsp3) is 0.875. The monoisotopic (exact) mass is 352 g/mol. The van der Waals surface area contributed by atoms with Crippen molar-refractivity contribution in [2.24, 2.45) is 0 Å². The molecule has 1 fully saturated rings. The molecule has 8 heteroatoms. The van der Waals surface area contributed by atoms with Gasteiger partial charge in [0.15, 0.2) is 0 Å². The van der Waals surface area contributed by atoms with Crippen LogP contribution in [0.15, 0.2) is 0 Å². The van der Waals surface area contributed by atoms with Gasteiger partial charge in [0, 0.05) is 13.1 Å². The van der Waals surface area contributed by atoms with Gasteiger partial charge in [0.05, 0.1) is 12.5 Å². The number of halogens is 3. The van der Waals surface area contributed by atoms with E-state index in [0.29, 0.717) is 6.42 Å². The molecule has 0 aromatic heterocycles. The molecule has 0 N–H and O–H groups in total. The van der Waals surface area contributed by atoms with Crippen molar-refractivity contribution in [3.05, 3.63) is 0 Å². The zero-order valence-electron chi connectivity index (χ0n) is 14.8. The Morgan fingerprint density at radius 2 is 1.92 bits per heavy atom. The fourth-order valence-corrected chi connectivity index (χ4v) is 2.53. The molecule has 1 atom stereocenters.